The maximum absolute atomic E-state index is 13.6. The summed E-state index contributed by atoms with van der Waals surface area (Å²) in [6, 6.07) is 21.2. The number of rotatable bonds is 7. The van der Waals surface area contributed by atoms with Crippen molar-refractivity contribution in [1.29, 1.82) is 0 Å². The summed E-state index contributed by atoms with van der Waals surface area (Å²) >= 11 is 0. The molecule has 0 saturated carbocycles. The van der Waals surface area contributed by atoms with Gasteiger partial charge >= 0.3 is 0 Å². The zero-order chi connectivity index (χ0) is 25.2. The van der Waals surface area contributed by atoms with Crippen LogP contribution in [0.5, 0.6) is 5.75 Å². The van der Waals surface area contributed by atoms with Crippen LogP contribution in [0.1, 0.15) is 24.9 Å². The van der Waals surface area contributed by atoms with Gasteiger partial charge in [0.1, 0.15) is 11.8 Å². The van der Waals surface area contributed by atoms with E-state index in [2.05, 4.69) is 10.6 Å². The second-order valence-electron chi connectivity index (χ2n) is 8.57. The summed E-state index contributed by atoms with van der Waals surface area (Å²) in [4.78, 5) is 44.1. The van der Waals surface area contributed by atoms with Crippen molar-refractivity contribution in [3.8, 4) is 5.75 Å². The third-order valence-electron chi connectivity index (χ3n) is 6.05. The number of ether oxygens (including phenoxy) is 1. The summed E-state index contributed by atoms with van der Waals surface area (Å²) < 4.78 is 7.08. The van der Waals surface area contributed by atoms with Crippen molar-refractivity contribution in [2.24, 2.45) is 0 Å². The summed E-state index contributed by atoms with van der Waals surface area (Å²) in [7, 11) is 1.61. The van der Waals surface area contributed by atoms with E-state index in [1.165, 1.54) is 6.92 Å². The molecule has 1 atom stereocenters. The van der Waals surface area contributed by atoms with Gasteiger partial charge in [-0.25, -0.2) is 4.98 Å². The first-order valence-corrected chi connectivity index (χ1v) is 11.5. The normalized spacial score (nSPS) is 14.6. The molecule has 1 aromatic heterocycles. The highest BCUT2D eigenvalue weighted by molar-refractivity contribution is 6.05. The summed E-state index contributed by atoms with van der Waals surface area (Å²) in [6.07, 6.45) is -0.0429. The molecule has 0 spiro atoms. The molecule has 9 heteroatoms. The number of fused-ring (bicyclic) bond motifs is 3. The molecule has 2 heterocycles. The van der Waals surface area contributed by atoms with Crippen molar-refractivity contribution in [2.75, 3.05) is 22.6 Å². The van der Waals surface area contributed by atoms with Crippen LogP contribution in [0.4, 0.5) is 17.3 Å². The van der Waals surface area contributed by atoms with Gasteiger partial charge in [-0.05, 0) is 54.1 Å². The van der Waals surface area contributed by atoms with Gasteiger partial charge in [-0.15, -0.1) is 0 Å². The fraction of sp³-hybridized carbons (Fsp3) is 0.185. The van der Waals surface area contributed by atoms with E-state index in [1.807, 2.05) is 53.1 Å². The highest BCUT2D eigenvalue weighted by Crippen LogP contribution is 2.37. The van der Waals surface area contributed by atoms with Gasteiger partial charge in [-0.3, -0.25) is 23.9 Å². The Morgan fingerprint density at radius 1 is 0.944 bits per heavy atom. The standard InChI is InChI=1S/C27H25N5O4/c1-17(33)28-19-9-11-20(12-10-19)29-25(34)15-24-26(35)31(16-18-7-13-21(36-2)14-8-18)27-30-22-5-3-4-6-23(22)32(24)27/h3-14,24H,15-16H2,1-2H3,(H,28,33)(H,29,34)/t24-/m1/s1. The monoisotopic (exact) mass is 483 g/mol. The lowest BCUT2D eigenvalue weighted by Crippen LogP contribution is -2.31. The topological polar surface area (TPSA) is 106 Å². The number of hydrogen-bond acceptors (Lipinski definition) is 5. The van der Waals surface area contributed by atoms with Crippen molar-refractivity contribution in [3.05, 3.63) is 78.4 Å². The lowest BCUT2D eigenvalue weighted by molar-refractivity contribution is -0.124. The van der Waals surface area contributed by atoms with Crippen molar-refractivity contribution < 1.29 is 19.1 Å². The highest BCUT2D eigenvalue weighted by Gasteiger charge is 2.40. The smallest absolute Gasteiger partial charge is 0.253 e. The largest absolute Gasteiger partial charge is 0.497 e. The molecule has 4 aromatic rings. The molecule has 3 aromatic carbocycles. The predicted octanol–water partition coefficient (Wildman–Crippen LogP) is 4.12. The first-order valence-electron chi connectivity index (χ1n) is 11.5. The Bertz CT molecular complexity index is 1440. The molecule has 1 aliphatic rings. The second-order valence-corrected chi connectivity index (χ2v) is 8.57. The third kappa shape index (κ3) is 4.50. The molecule has 1 aliphatic heterocycles. The number of nitrogens with one attached hydrogen (secondary N) is 2. The van der Waals surface area contributed by atoms with Crippen molar-refractivity contribution in [1.82, 2.24) is 9.55 Å². The Hall–Kier alpha value is -4.66. The van der Waals surface area contributed by atoms with Gasteiger partial charge in [-0.2, -0.15) is 0 Å². The molecule has 0 radical (unpaired) electrons. The Kier molecular flexibility index (Phi) is 6.12. The minimum atomic E-state index is -0.718. The molecule has 0 aliphatic carbocycles. The summed E-state index contributed by atoms with van der Waals surface area (Å²) in [5, 5.41) is 5.54. The quantitative estimate of drug-likeness (QED) is 0.411. The molecule has 2 N–H and O–H groups in total. The molecule has 182 valence electrons. The SMILES string of the molecule is COc1ccc(CN2C(=O)[C@@H](CC(=O)Nc3ccc(NC(C)=O)cc3)n3c2nc2ccccc23)cc1. The van der Waals surface area contributed by atoms with E-state index in [4.69, 9.17) is 9.72 Å². The number of aromatic nitrogens is 2. The van der Waals surface area contributed by atoms with E-state index in [9.17, 15) is 14.4 Å². The van der Waals surface area contributed by atoms with Gasteiger partial charge in [0.15, 0.2) is 0 Å². The molecule has 0 unspecified atom stereocenters. The Balaban J connectivity index is 1.39. The molecule has 36 heavy (non-hydrogen) atoms. The maximum atomic E-state index is 13.6. The van der Waals surface area contributed by atoms with Crippen LogP contribution in [0.15, 0.2) is 72.8 Å². The second kappa shape index (κ2) is 9.53. The number of imidazole rings is 1. The number of anilines is 3. The number of carbonyl (C=O) groups excluding carboxylic acids is 3. The molecule has 0 saturated heterocycles. The average Bonchev–Trinajstić information content (AvgIpc) is 3.36. The van der Waals surface area contributed by atoms with E-state index in [-0.39, 0.29) is 24.1 Å². The van der Waals surface area contributed by atoms with E-state index < -0.39 is 6.04 Å². The number of methoxy groups -OCH3 is 1. The van der Waals surface area contributed by atoms with Crippen molar-refractivity contribution >= 4 is 46.1 Å². The molecule has 0 bridgehead atoms. The highest BCUT2D eigenvalue weighted by atomic mass is 16.5. The number of para-hydroxylation sites is 2. The van der Waals surface area contributed by atoms with Gasteiger partial charge in [0.25, 0.3) is 5.91 Å². The van der Waals surface area contributed by atoms with Crippen LogP contribution in [-0.2, 0) is 20.9 Å². The van der Waals surface area contributed by atoms with E-state index >= 15 is 0 Å². The lowest BCUT2D eigenvalue weighted by Gasteiger charge is -2.16. The first kappa shape index (κ1) is 23.1. The van der Waals surface area contributed by atoms with Crippen LogP contribution >= 0.6 is 0 Å². The van der Waals surface area contributed by atoms with Gasteiger partial charge < -0.3 is 15.4 Å². The van der Waals surface area contributed by atoms with Crippen LogP contribution in [0, 0.1) is 0 Å². The van der Waals surface area contributed by atoms with E-state index in [0.717, 1.165) is 22.3 Å². The molecular weight excluding hydrogens is 458 g/mol. The summed E-state index contributed by atoms with van der Waals surface area (Å²) in [5.41, 5.74) is 3.70. The zero-order valence-electron chi connectivity index (χ0n) is 19.9. The number of nitrogens with zero attached hydrogens (tertiary/aromatic N) is 3. The molecule has 5 rings (SSSR count). The summed E-state index contributed by atoms with van der Waals surface area (Å²) in [6.45, 7) is 1.76. The van der Waals surface area contributed by atoms with Crippen LogP contribution in [0.25, 0.3) is 11.0 Å². The van der Waals surface area contributed by atoms with Gasteiger partial charge in [0.2, 0.25) is 17.8 Å². The Labute approximate surface area is 207 Å². The van der Waals surface area contributed by atoms with Crippen LogP contribution in [0.2, 0.25) is 0 Å². The van der Waals surface area contributed by atoms with Gasteiger partial charge in [-0.1, -0.05) is 24.3 Å². The number of amides is 3. The van der Waals surface area contributed by atoms with Crippen LogP contribution in [-0.4, -0.2) is 34.4 Å². The lowest BCUT2D eigenvalue weighted by atomic mass is 10.1. The Morgan fingerprint density at radius 2 is 1.61 bits per heavy atom. The molecular formula is C27H25N5O4. The molecule has 3 amide bonds. The molecule has 0 fully saturated rings. The average molecular weight is 484 g/mol. The van der Waals surface area contributed by atoms with Crippen LogP contribution < -0.4 is 20.3 Å². The fourth-order valence-corrected chi connectivity index (χ4v) is 4.39. The number of carbonyl (C=O) groups is 3. The Morgan fingerprint density at radius 3 is 2.28 bits per heavy atom. The summed E-state index contributed by atoms with van der Waals surface area (Å²) in [5.74, 6) is 0.604. The van der Waals surface area contributed by atoms with E-state index in [1.54, 1.807) is 36.3 Å². The van der Waals surface area contributed by atoms with Crippen LogP contribution in [0.3, 0.4) is 0 Å². The number of benzene rings is 3. The van der Waals surface area contributed by atoms with E-state index in [0.29, 0.717) is 23.9 Å². The van der Waals surface area contributed by atoms with Gasteiger partial charge in [0, 0.05) is 18.3 Å². The fourth-order valence-electron chi connectivity index (χ4n) is 4.39. The van der Waals surface area contributed by atoms with Gasteiger partial charge in [0.05, 0.1) is 31.1 Å². The third-order valence-corrected chi connectivity index (χ3v) is 6.05. The minimum absolute atomic E-state index is 0.0429. The van der Waals surface area contributed by atoms with Crippen molar-refractivity contribution in [2.45, 2.75) is 25.9 Å². The maximum Gasteiger partial charge on any atom is 0.253 e. The zero-order valence-corrected chi connectivity index (χ0v) is 19.9. The predicted molar refractivity (Wildman–Crippen MR) is 137 cm³/mol. The first-order chi connectivity index (χ1) is 17.4. The van der Waals surface area contributed by atoms with Crippen molar-refractivity contribution in [3.63, 3.8) is 0 Å². The number of hydrogen-bond donors (Lipinski definition) is 2. The molecule has 9 nitrogen and oxygen atoms in total. The minimum Gasteiger partial charge on any atom is -0.497 e.